The third-order valence-corrected chi connectivity index (χ3v) is 4.04. The predicted octanol–water partition coefficient (Wildman–Crippen LogP) is 2.91. The number of piperidine rings is 1. The summed E-state index contributed by atoms with van der Waals surface area (Å²) in [4.78, 5) is 2.58. The number of nitrogens with zero attached hydrogens (tertiary/aromatic N) is 1. The van der Waals surface area contributed by atoms with Gasteiger partial charge in [-0.15, -0.1) is 0 Å². The van der Waals surface area contributed by atoms with E-state index in [0.29, 0.717) is 0 Å². The van der Waals surface area contributed by atoms with E-state index in [1.165, 1.54) is 44.5 Å². The van der Waals surface area contributed by atoms with E-state index in [9.17, 15) is 0 Å². The Labute approximate surface area is 123 Å². The van der Waals surface area contributed by atoms with E-state index in [1.54, 1.807) is 7.11 Å². The largest absolute Gasteiger partial charge is 0.496 e. The highest BCUT2D eigenvalue weighted by molar-refractivity contribution is 5.33. The van der Waals surface area contributed by atoms with Gasteiger partial charge in [-0.2, -0.15) is 0 Å². The van der Waals surface area contributed by atoms with Gasteiger partial charge >= 0.3 is 0 Å². The van der Waals surface area contributed by atoms with Gasteiger partial charge in [0.2, 0.25) is 0 Å². The third kappa shape index (κ3) is 4.50. The number of nitrogens with one attached hydrogen (secondary N) is 1. The molecule has 0 amide bonds. The molecule has 0 bridgehead atoms. The van der Waals surface area contributed by atoms with Crippen LogP contribution in [-0.4, -0.2) is 38.2 Å². The van der Waals surface area contributed by atoms with Crippen molar-refractivity contribution in [2.24, 2.45) is 5.92 Å². The number of ether oxygens (including phenoxy) is 1. The highest BCUT2D eigenvalue weighted by atomic mass is 16.5. The Morgan fingerprint density at radius 3 is 2.90 bits per heavy atom. The fourth-order valence-corrected chi connectivity index (χ4v) is 3.07. The zero-order valence-electron chi connectivity index (χ0n) is 12.9. The van der Waals surface area contributed by atoms with Gasteiger partial charge in [-0.1, -0.05) is 25.1 Å². The maximum atomic E-state index is 5.48. The normalized spacial score (nSPS) is 19.2. The van der Waals surface area contributed by atoms with Crippen LogP contribution in [0.4, 0.5) is 0 Å². The monoisotopic (exact) mass is 276 g/mol. The first-order valence-corrected chi connectivity index (χ1v) is 7.88. The van der Waals surface area contributed by atoms with Crippen LogP contribution in [-0.2, 0) is 6.54 Å². The molecule has 3 heteroatoms. The van der Waals surface area contributed by atoms with Gasteiger partial charge in [0.15, 0.2) is 0 Å². The first-order valence-electron chi connectivity index (χ1n) is 7.88. The average Bonchev–Trinajstić information content (AvgIpc) is 2.49. The van der Waals surface area contributed by atoms with Crippen molar-refractivity contribution in [1.29, 1.82) is 0 Å². The molecule has 1 unspecified atom stereocenters. The van der Waals surface area contributed by atoms with E-state index in [0.717, 1.165) is 24.8 Å². The Bertz CT molecular complexity index is 388. The molecule has 1 fully saturated rings. The number of methoxy groups -OCH3 is 1. The van der Waals surface area contributed by atoms with Crippen LogP contribution >= 0.6 is 0 Å². The van der Waals surface area contributed by atoms with Gasteiger partial charge < -0.3 is 10.1 Å². The van der Waals surface area contributed by atoms with E-state index in [2.05, 4.69) is 35.3 Å². The van der Waals surface area contributed by atoms with Gasteiger partial charge in [-0.25, -0.2) is 0 Å². The van der Waals surface area contributed by atoms with E-state index in [4.69, 9.17) is 4.74 Å². The van der Waals surface area contributed by atoms with E-state index in [1.807, 2.05) is 6.07 Å². The SMILES string of the molecule is CCCN(Cc1ccccc1OC)CC1CCCNC1. The number of hydrogen-bond acceptors (Lipinski definition) is 3. The summed E-state index contributed by atoms with van der Waals surface area (Å²) in [7, 11) is 1.76. The Kier molecular flexibility index (Phi) is 6.34. The quantitative estimate of drug-likeness (QED) is 0.829. The number of hydrogen-bond donors (Lipinski definition) is 1. The molecule has 1 aromatic rings. The Morgan fingerprint density at radius 1 is 1.35 bits per heavy atom. The molecule has 0 radical (unpaired) electrons. The minimum absolute atomic E-state index is 0.796. The minimum Gasteiger partial charge on any atom is -0.496 e. The topological polar surface area (TPSA) is 24.5 Å². The fraction of sp³-hybridized carbons (Fsp3) is 0.647. The number of para-hydroxylation sites is 1. The summed E-state index contributed by atoms with van der Waals surface area (Å²) in [6.45, 7) is 7.97. The second kappa shape index (κ2) is 8.28. The van der Waals surface area contributed by atoms with Crippen molar-refractivity contribution in [2.45, 2.75) is 32.7 Å². The Morgan fingerprint density at radius 2 is 2.20 bits per heavy atom. The molecule has 1 atom stereocenters. The van der Waals surface area contributed by atoms with Crippen LogP contribution < -0.4 is 10.1 Å². The highest BCUT2D eigenvalue weighted by Gasteiger charge is 2.17. The fourth-order valence-electron chi connectivity index (χ4n) is 3.07. The first-order chi connectivity index (χ1) is 9.83. The lowest BCUT2D eigenvalue weighted by Crippen LogP contribution is -2.38. The van der Waals surface area contributed by atoms with Gasteiger partial charge in [-0.05, 0) is 50.9 Å². The molecule has 0 aliphatic carbocycles. The molecule has 3 nitrogen and oxygen atoms in total. The summed E-state index contributed by atoms with van der Waals surface area (Å²) in [6.07, 6.45) is 3.88. The van der Waals surface area contributed by atoms with Crippen molar-refractivity contribution in [3.05, 3.63) is 29.8 Å². The second-order valence-electron chi connectivity index (χ2n) is 5.76. The molecular formula is C17H28N2O. The maximum Gasteiger partial charge on any atom is 0.123 e. The molecule has 1 saturated heterocycles. The molecule has 0 aromatic heterocycles. The van der Waals surface area contributed by atoms with Crippen LogP contribution in [0.3, 0.4) is 0 Å². The molecule has 0 saturated carbocycles. The first kappa shape index (κ1) is 15.3. The van der Waals surface area contributed by atoms with Crippen LogP contribution in [0, 0.1) is 5.92 Å². The van der Waals surface area contributed by atoms with Crippen molar-refractivity contribution >= 4 is 0 Å². The van der Waals surface area contributed by atoms with E-state index >= 15 is 0 Å². The molecule has 20 heavy (non-hydrogen) atoms. The zero-order chi connectivity index (χ0) is 14.2. The molecule has 1 N–H and O–H groups in total. The highest BCUT2D eigenvalue weighted by Crippen LogP contribution is 2.21. The van der Waals surface area contributed by atoms with Gasteiger partial charge in [0.25, 0.3) is 0 Å². The molecule has 112 valence electrons. The van der Waals surface area contributed by atoms with Crippen molar-refractivity contribution < 1.29 is 4.74 Å². The molecular weight excluding hydrogens is 248 g/mol. The van der Waals surface area contributed by atoms with Crippen LogP contribution in [0.1, 0.15) is 31.7 Å². The maximum absolute atomic E-state index is 5.48. The predicted molar refractivity (Wildman–Crippen MR) is 84.2 cm³/mol. The van der Waals surface area contributed by atoms with Gasteiger partial charge in [0.1, 0.15) is 5.75 Å². The summed E-state index contributed by atoms with van der Waals surface area (Å²) in [5.41, 5.74) is 1.30. The van der Waals surface area contributed by atoms with E-state index < -0.39 is 0 Å². The van der Waals surface area contributed by atoms with Crippen LogP contribution in [0.5, 0.6) is 5.75 Å². The van der Waals surface area contributed by atoms with Gasteiger partial charge in [0.05, 0.1) is 7.11 Å². The van der Waals surface area contributed by atoms with Crippen molar-refractivity contribution in [3.63, 3.8) is 0 Å². The minimum atomic E-state index is 0.796. The van der Waals surface area contributed by atoms with Gasteiger partial charge in [0, 0.05) is 18.7 Å². The standard InChI is InChI=1S/C17H28N2O/c1-3-11-19(13-15-7-6-10-18-12-15)14-16-8-4-5-9-17(16)20-2/h4-5,8-9,15,18H,3,6-7,10-14H2,1-2H3. The number of benzene rings is 1. The molecule has 1 aliphatic rings. The van der Waals surface area contributed by atoms with Crippen molar-refractivity contribution in [3.8, 4) is 5.75 Å². The Balaban J connectivity index is 1.96. The lowest BCUT2D eigenvalue weighted by Gasteiger charge is -2.30. The van der Waals surface area contributed by atoms with Gasteiger partial charge in [-0.3, -0.25) is 4.90 Å². The summed E-state index contributed by atoms with van der Waals surface area (Å²) in [5.74, 6) is 1.81. The summed E-state index contributed by atoms with van der Waals surface area (Å²) in [6, 6.07) is 8.38. The zero-order valence-corrected chi connectivity index (χ0v) is 12.9. The van der Waals surface area contributed by atoms with E-state index in [-0.39, 0.29) is 0 Å². The molecule has 0 spiro atoms. The molecule has 1 aromatic carbocycles. The van der Waals surface area contributed by atoms with Crippen molar-refractivity contribution in [1.82, 2.24) is 10.2 Å². The smallest absolute Gasteiger partial charge is 0.123 e. The molecule has 1 heterocycles. The third-order valence-electron chi connectivity index (χ3n) is 4.04. The van der Waals surface area contributed by atoms with Crippen LogP contribution in [0.15, 0.2) is 24.3 Å². The summed E-state index contributed by atoms with van der Waals surface area (Å²) >= 11 is 0. The van der Waals surface area contributed by atoms with Crippen LogP contribution in [0.2, 0.25) is 0 Å². The average molecular weight is 276 g/mol. The Hall–Kier alpha value is -1.06. The lowest BCUT2D eigenvalue weighted by molar-refractivity contribution is 0.199. The number of rotatable bonds is 7. The molecule has 1 aliphatic heterocycles. The summed E-state index contributed by atoms with van der Waals surface area (Å²) in [5, 5.41) is 3.52. The second-order valence-corrected chi connectivity index (χ2v) is 5.76. The van der Waals surface area contributed by atoms with Crippen LogP contribution in [0.25, 0.3) is 0 Å². The van der Waals surface area contributed by atoms with Crippen molar-refractivity contribution in [2.75, 3.05) is 33.3 Å². The molecule has 2 rings (SSSR count). The summed E-state index contributed by atoms with van der Waals surface area (Å²) < 4.78 is 5.48. The lowest BCUT2D eigenvalue weighted by atomic mass is 9.98.